The second-order valence-corrected chi connectivity index (χ2v) is 7.10. The van der Waals surface area contributed by atoms with E-state index in [1.54, 1.807) is 0 Å². The first-order valence-electron chi connectivity index (χ1n) is 9.42. The minimum atomic E-state index is -0.346. The molecule has 1 amide bonds. The van der Waals surface area contributed by atoms with Crippen molar-refractivity contribution < 1.29 is 13.6 Å². The molecule has 3 heterocycles. The normalized spacial score (nSPS) is 17.7. The number of likely N-dealkylation sites (tertiary alicyclic amines) is 1. The van der Waals surface area contributed by atoms with Crippen LogP contribution in [0, 0.1) is 13.8 Å². The molecule has 142 valence electrons. The lowest BCUT2D eigenvalue weighted by Crippen LogP contribution is -2.40. The Morgan fingerprint density at radius 3 is 2.96 bits per heavy atom. The number of fused-ring (bicyclic) bond motifs is 1. The Morgan fingerprint density at radius 2 is 2.15 bits per heavy atom. The van der Waals surface area contributed by atoms with Gasteiger partial charge in [-0.05, 0) is 51.9 Å². The number of aryl methyl sites for hydroxylation is 2. The summed E-state index contributed by atoms with van der Waals surface area (Å²) in [5, 5.41) is 11.8. The third-order valence-electron chi connectivity index (χ3n) is 5.31. The Bertz CT molecular complexity index is 975. The van der Waals surface area contributed by atoms with Gasteiger partial charge in [0.2, 0.25) is 0 Å². The highest BCUT2D eigenvalue weighted by Crippen LogP contribution is 2.32. The summed E-state index contributed by atoms with van der Waals surface area (Å²) in [4.78, 5) is 14.8. The summed E-state index contributed by atoms with van der Waals surface area (Å²) >= 11 is 0. The van der Waals surface area contributed by atoms with Gasteiger partial charge in [0.15, 0.2) is 5.76 Å². The fourth-order valence-corrected chi connectivity index (χ4v) is 3.77. The number of nitrogens with zero attached hydrogens (tertiary/aromatic N) is 3. The Balaban J connectivity index is 1.50. The second kappa shape index (κ2) is 7.15. The molecule has 0 saturated carbocycles. The molecule has 1 saturated heterocycles. The summed E-state index contributed by atoms with van der Waals surface area (Å²) in [6.45, 7) is 8.80. The molecule has 27 heavy (non-hydrogen) atoms. The van der Waals surface area contributed by atoms with Gasteiger partial charge in [0.25, 0.3) is 5.89 Å². The van der Waals surface area contributed by atoms with E-state index in [0.29, 0.717) is 18.3 Å². The van der Waals surface area contributed by atoms with E-state index in [1.807, 2.05) is 26.0 Å². The molecule has 1 fully saturated rings. The number of benzene rings is 1. The smallest absolute Gasteiger partial charge is 0.308 e. The monoisotopic (exact) mass is 368 g/mol. The van der Waals surface area contributed by atoms with Crippen LogP contribution in [0.3, 0.4) is 0 Å². The summed E-state index contributed by atoms with van der Waals surface area (Å²) in [5.41, 5.74) is 2.84. The number of hydrogen-bond donors (Lipinski definition) is 1. The predicted octanol–water partition coefficient (Wildman–Crippen LogP) is 3.31. The number of carbonyl (C=O) groups is 1. The van der Waals surface area contributed by atoms with Crippen molar-refractivity contribution in [3.8, 4) is 11.7 Å². The molecule has 0 bridgehead atoms. The number of furan rings is 1. The van der Waals surface area contributed by atoms with Gasteiger partial charge in [-0.25, -0.2) is 0 Å². The maximum absolute atomic E-state index is 12.4. The highest BCUT2D eigenvalue weighted by atomic mass is 16.4. The van der Waals surface area contributed by atoms with Crippen molar-refractivity contribution in [2.75, 3.05) is 19.6 Å². The number of aromatic nitrogens is 2. The highest BCUT2D eigenvalue weighted by molar-refractivity contribution is 5.90. The van der Waals surface area contributed by atoms with Crippen molar-refractivity contribution in [3.05, 3.63) is 35.2 Å². The minimum Gasteiger partial charge on any atom is -0.451 e. The standard InChI is InChI=1S/C20H24N4O3/c1-4-24-9-5-6-14(24)11-21-18(25)20-23-22-19(27-20)17-13(3)15-10-12(2)7-8-16(15)26-17/h7-8,10,14H,4-6,9,11H2,1-3H3,(H,21,25). The van der Waals surface area contributed by atoms with Crippen LogP contribution in [0.15, 0.2) is 27.0 Å². The Kier molecular flexibility index (Phi) is 4.70. The molecule has 0 radical (unpaired) electrons. The molecular weight excluding hydrogens is 344 g/mol. The van der Waals surface area contributed by atoms with Crippen molar-refractivity contribution in [2.45, 2.75) is 39.7 Å². The average molecular weight is 368 g/mol. The van der Waals surface area contributed by atoms with Crippen LogP contribution in [-0.2, 0) is 0 Å². The van der Waals surface area contributed by atoms with Crippen molar-refractivity contribution in [2.24, 2.45) is 0 Å². The Labute approximate surface area is 157 Å². The third-order valence-corrected chi connectivity index (χ3v) is 5.31. The zero-order valence-electron chi connectivity index (χ0n) is 15.9. The van der Waals surface area contributed by atoms with Crippen molar-refractivity contribution in [1.29, 1.82) is 0 Å². The molecule has 7 nitrogen and oxygen atoms in total. The number of amides is 1. The fourth-order valence-electron chi connectivity index (χ4n) is 3.77. The van der Waals surface area contributed by atoms with Gasteiger partial charge >= 0.3 is 11.8 Å². The third kappa shape index (κ3) is 3.35. The first-order chi connectivity index (χ1) is 13.1. The van der Waals surface area contributed by atoms with Crippen LogP contribution in [0.25, 0.3) is 22.6 Å². The van der Waals surface area contributed by atoms with Crippen LogP contribution < -0.4 is 5.32 Å². The molecule has 0 aliphatic carbocycles. The van der Waals surface area contributed by atoms with Gasteiger partial charge in [-0.3, -0.25) is 9.69 Å². The van der Waals surface area contributed by atoms with Crippen molar-refractivity contribution in [3.63, 3.8) is 0 Å². The van der Waals surface area contributed by atoms with Gasteiger partial charge in [-0.2, -0.15) is 0 Å². The van der Waals surface area contributed by atoms with Crippen LogP contribution in [0.1, 0.15) is 41.6 Å². The fraction of sp³-hybridized carbons (Fsp3) is 0.450. The molecule has 7 heteroatoms. The molecule has 0 spiro atoms. The van der Waals surface area contributed by atoms with Gasteiger partial charge in [0.1, 0.15) is 5.58 Å². The summed E-state index contributed by atoms with van der Waals surface area (Å²) in [6.07, 6.45) is 2.27. The maximum atomic E-state index is 12.4. The molecule has 4 rings (SSSR count). The SMILES string of the molecule is CCN1CCCC1CNC(=O)c1nnc(-c2oc3ccc(C)cc3c2C)o1. The van der Waals surface area contributed by atoms with E-state index in [-0.39, 0.29) is 17.7 Å². The summed E-state index contributed by atoms with van der Waals surface area (Å²) in [7, 11) is 0. The zero-order valence-corrected chi connectivity index (χ0v) is 15.9. The zero-order chi connectivity index (χ0) is 19.0. The molecule has 3 aromatic rings. The first-order valence-corrected chi connectivity index (χ1v) is 9.42. The Morgan fingerprint density at radius 1 is 1.30 bits per heavy atom. The molecule has 1 aliphatic heterocycles. The largest absolute Gasteiger partial charge is 0.451 e. The molecule has 1 atom stereocenters. The van der Waals surface area contributed by atoms with E-state index < -0.39 is 0 Å². The number of likely N-dealkylation sites (N-methyl/N-ethyl adjacent to an activating group) is 1. The number of hydrogen-bond acceptors (Lipinski definition) is 6. The lowest BCUT2D eigenvalue weighted by Gasteiger charge is -2.22. The lowest BCUT2D eigenvalue weighted by molar-refractivity contribution is 0.0907. The predicted molar refractivity (Wildman–Crippen MR) is 102 cm³/mol. The molecule has 1 unspecified atom stereocenters. The van der Waals surface area contributed by atoms with Gasteiger partial charge in [0.05, 0.1) is 0 Å². The van der Waals surface area contributed by atoms with Crippen molar-refractivity contribution >= 4 is 16.9 Å². The number of carbonyl (C=O) groups excluding carboxylic acids is 1. The van der Waals surface area contributed by atoms with Crippen LogP contribution in [0.4, 0.5) is 0 Å². The van der Waals surface area contributed by atoms with E-state index in [9.17, 15) is 4.79 Å². The summed E-state index contributed by atoms with van der Waals surface area (Å²) in [5.74, 6) is 0.348. The topological polar surface area (TPSA) is 84.4 Å². The van der Waals surface area contributed by atoms with Crippen LogP contribution in [0.2, 0.25) is 0 Å². The number of nitrogens with one attached hydrogen (secondary N) is 1. The average Bonchev–Trinajstić information content (AvgIpc) is 3.39. The maximum Gasteiger partial charge on any atom is 0.308 e. The number of rotatable bonds is 5. The van der Waals surface area contributed by atoms with E-state index >= 15 is 0 Å². The van der Waals surface area contributed by atoms with Gasteiger partial charge in [-0.15, -0.1) is 10.2 Å². The lowest BCUT2D eigenvalue weighted by atomic mass is 10.1. The second-order valence-electron chi connectivity index (χ2n) is 7.10. The van der Waals surface area contributed by atoms with E-state index in [1.165, 1.54) is 6.42 Å². The van der Waals surface area contributed by atoms with Crippen LogP contribution >= 0.6 is 0 Å². The molecular formula is C20H24N4O3. The van der Waals surface area contributed by atoms with E-state index in [2.05, 4.69) is 33.4 Å². The molecule has 1 aromatic carbocycles. The minimum absolute atomic E-state index is 0.0397. The van der Waals surface area contributed by atoms with E-state index in [0.717, 1.165) is 41.6 Å². The van der Waals surface area contributed by atoms with Crippen LogP contribution in [-0.4, -0.2) is 46.7 Å². The van der Waals surface area contributed by atoms with E-state index in [4.69, 9.17) is 8.83 Å². The summed E-state index contributed by atoms with van der Waals surface area (Å²) < 4.78 is 11.5. The first kappa shape index (κ1) is 17.7. The molecule has 2 aromatic heterocycles. The molecule has 1 aliphatic rings. The Hall–Kier alpha value is -2.67. The van der Waals surface area contributed by atoms with Gasteiger partial charge in [0, 0.05) is 23.5 Å². The van der Waals surface area contributed by atoms with Crippen LogP contribution in [0.5, 0.6) is 0 Å². The quantitative estimate of drug-likeness (QED) is 0.744. The molecule has 1 N–H and O–H groups in total. The van der Waals surface area contributed by atoms with Crippen molar-refractivity contribution in [1.82, 2.24) is 20.4 Å². The van der Waals surface area contributed by atoms with Gasteiger partial charge < -0.3 is 14.2 Å². The summed E-state index contributed by atoms with van der Waals surface area (Å²) in [6, 6.07) is 6.35. The van der Waals surface area contributed by atoms with Gasteiger partial charge in [-0.1, -0.05) is 18.6 Å². The highest BCUT2D eigenvalue weighted by Gasteiger charge is 2.25.